The van der Waals surface area contributed by atoms with Gasteiger partial charge in [-0.3, -0.25) is 19.3 Å². The van der Waals surface area contributed by atoms with Crippen LogP contribution in [-0.2, 0) is 14.4 Å². The van der Waals surface area contributed by atoms with Crippen LogP contribution in [0.5, 0.6) is 11.5 Å². The van der Waals surface area contributed by atoms with E-state index in [4.69, 9.17) is 16.3 Å². The molecule has 3 amide bonds. The highest BCUT2D eigenvalue weighted by Gasteiger charge is 2.59. The van der Waals surface area contributed by atoms with Gasteiger partial charge < -0.3 is 10.1 Å². The van der Waals surface area contributed by atoms with Crippen LogP contribution in [-0.4, -0.2) is 29.2 Å². The fourth-order valence-electron chi connectivity index (χ4n) is 4.76. The lowest BCUT2D eigenvalue weighted by Gasteiger charge is -2.18. The number of carbonyl (C=O) groups excluding carboxylic acids is 3. The van der Waals surface area contributed by atoms with E-state index in [0.29, 0.717) is 22.2 Å². The van der Waals surface area contributed by atoms with Gasteiger partial charge in [-0.15, -0.1) is 0 Å². The first kappa shape index (κ1) is 18.9. The molecule has 7 heteroatoms. The number of benzene rings is 2. The number of halogens is 1. The summed E-state index contributed by atoms with van der Waals surface area (Å²) in [6.45, 7) is -0.318. The Kier molecular flexibility index (Phi) is 4.59. The molecule has 0 aromatic heterocycles. The lowest BCUT2D eigenvalue weighted by molar-refractivity contribution is -0.143. The first-order chi connectivity index (χ1) is 14.5. The molecule has 1 saturated heterocycles. The standard InChI is InChI=1S/C23H19ClN2O4/c24-15-8-9-18(30-16-4-2-1-3-5-16)17(11-15)25-19(27)12-26-22(28)20-13-6-7-14(10-13)21(20)23(26)29/h1-9,11,13-14,20-21H,10,12H2,(H,25,27). The summed E-state index contributed by atoms with van der Waals surface area (Å²) >= 11 is 6.09. The fraction of sp³-hybridized carbons (Fsp3) is 0.261. The van der Waals surface area contributed by atoms with Crippen molar-refractivity contribution in [2.45, 2.75) is 6.42 Å². The molecule has 3 aliphatic rings. The molecule has 1 N–H and O–H groups in total. The first-order valence-corrected chi connectivity index (χ1v) is 10.2. The molecule has 0 spiro atoms. The number of allylic oxidation sites excluding steroid dienone is 2. The SMILES string of the molecule is O=C(CN1C(=O)C2C3C=CC(C3)C2C1=O)Nc1cc(Cl)ccc1Oc1ccccc1. The summed E-state index contributed by atoms with van der Waals surface area (Å²) in [5.74, 6) is -0.350. The fourth-order valence-corrected chi connectivity index (χ4v) is 4.93. The molecule has 6 nitrogen and oxygen atoms in total. The Morgan fingerprint density at radius 1 is 1.03 bits per heavy atom. The summed E-state index contributed by atoms with van der Waals surface area (Å²) in [4.78, 5) is 39.4. The number of carbonyl (C=O) groups is 3. The van der Waals surface area contributed by atoms with E-state index in [1.54, 1.807) is 30.3 Å². The highest BCUT2D eigenvalue weighted by Crippen LogP contribution is 2.52. The Morgan fingerprint density at radius 2 is 1.70 bits per heavy atom. The van der Waals surface area contributed by atoms with E-state index >= 15 is 0 Å². The average Bonchev–Trinajstić information content (AvgIpc) is 3.41. The number of anilines is 1. The number of amides is 3. The second kappa shape index (κ2) is 7.29. The van der Waals surface area contributed by atoms with Crippen molar-refractivity contribution < 1.29 is 19.1 Å². The molecule has 4 atom stereocenters. The van der Waals surface area contributed by atoms with Crippen molar-refractivity contribution >= 4 is 35.0 Å². The summed E-state index contributed by atoms with van der Waals surface area (Å²) < 4.78 is 5.85. The normalized spacial score (nSPS) is 26.2. The smallest absolute Gasteiger partial charge is 0.244 e. The maximum atomic E-state index is 12.8. The van der Waals surface area contributed by atoms with Crippen LogP contribution < -0.4 is 10.1 Å². The van der Waals surface area contributed by atoms with Crippen LogP contribution in [0, 0.1) is 23.7 Å². The molecular weight excluding hydrogens is 404 g/mol. The van der Waals surface area contributed by atoms with E-state index in [1.807, 2.05) is 30.4 Å². The van der Waals surface area contributed by atoms with E-state index in [9.17, 15) is 14.4 Å². The van der Waals surface area contributed by atoms with Gasteiger partial charge in [-0.05, 0) is 48.6 Å². The quantitative estimate of drug-likeness (QED) is 0.586. The monoisotopic (exact) mass is 422 g/mol. The van der Waals surface area contributed by atoms with Gasteiger partial charge in [-0.1, -0.05) is 42.0 Å². The van der Waals surface area contributed by atoms with Crippen LogP contribution in [0.4, 0.5) is 5.69 Å². The molecule has 0 radical (unpaired) electrons. The molecule has 152 valence electrons. The van der Waals surface area contributed by atoms with Crippen molar-refractivity contribution in [1.29, 1.82) is 0 Å². The molecule has 5 rings (SSSR count). The molecule has 2 bridgehead atoms. The van der Waals surface area contributed by atoms with Gasteiger partial charge in [0.15, 0.2) is 5.75 Å². The number of nitrogens with one attached hydrogen (secondary N) is 1. The molecular formula is C23H19ClN2O4. The third kappa shape index (κ3) is 3.17. The van der Waals surface area contributed by atoms with E-state index in [-0.39, 0.29) is 42.0 Å². The number of hydrogen-bond acceptors (Lipinski definition) is 4. The van der Waals surface area contributed by atoms with Crippen molar-refractivity contribution in [2.75, 3.05) is 11.9 Å². The molecule has 30 heavy (non-hydrogen) atoms. The minimum atomic E-state index is -0.475. The van der Waals surface area contributed by atoms with Crippen molar-refractivity contribution in [3.05, 3.63) is 65.7 Å². The topological polar surface area (TPSA) is 75.7 Å². The van der Waals surface area contributed by atoms with E-state index in [0.717, 1.165) is 11.3 Å². The number of ether oxygens (including phenoxy) is 1. The highest BCUT2D eigenvalue weighted by molar-refractivity contribution is 6.31. The van der Waals surface area contributed by atoms with Crippen LogP contribution in [0.3, 0.4) is 0 Å². The summed E-state index contributed by atoms with van der Waals surface area (Å²) in [5.41, 5.74) is 0.373. The Morgan fingerprint density at radius 3 is 2.37 bits per heavy atom. The third-order valence-corrected chi connectivity index (χ3v) is 6.29. The number of fused-ring (bicyclic) bond motifs is 5. The van der Waals surface area contributed by atoms with Gasteiger partial charge in [0.05, 0.1) is 17.5 Å². The predicted molar refractivity (Wildman–Crippen MR) is 111 cm³/mol. The van der Waals surface area contributed by atoms with Crippen molar-refractivity contribution in [1.82, 2.24) is 4.90 Å². The number of likely N-dealkylation sites (tertiary alicyclic amines) is 1. The molecule has 2 fully saturated rings. The van der Waals surface area contributed by atoms with E-state index < -0.39 is 5.91 Å². The van der Waals surface area contributed by atoms with Crippen LogP contribution in [0.15, 0.2) is 60.7 Å². The Hall–Kier alpha value is -3.12. The number of nitrogens with zero attached hydrogens (tertiary/aromatic N) is 1. The maximum Gasteiger partial charge on any atom is 0.244 e. The van der Waals surface area contributed by atoms with Crippen molar-refractivity contribution in [3.63, 3.8) is 0 Å². The minimum Gasteiger partial charge on any atom is -0.455 e. The highest BCUT2D eigenvalue weighted by atomic mass is 35.5. The Bertz CT molecular complexity index is 1040. The molecule has 2 aromatic rings. The van der Waals surface area contributed by atoms with E-state index in [1.165, 1.54) is 0 Å². The molecule has 1 heterocycles. The largest absolute Gasteiger partial charge is 0.455 e. The Balaban J connectivity index is 1.31. The van der Waals surface area contributed by atoms with Gasteiger partial charge in [0.1, 0.15) is 12.3 Å². The zero-order chi connectivity index (χ0) is 20.8. The molecule has 1 aliphatic heterocycles. The van der Waals surface area contributed by atoms with Gasteiger partial charge in [0, 0.05) is 5.02 Å². The lowest BCUT2D eigenvalue weighted by atomic mass is 9.85. The van der Waals surface area contributed by atoms with Crippen LogP contribution in [0.25, 0.3) is 0 Å². The summed E-state index contributed by atoms with van der Waals surface area (Å²) in [7, 11) is 0. The molecule has 4 unspecified atom stereocenters. The van der Waals surface area contributed by atoms with Gasteiger partial charge in [0.25, 0.3) is 0 Å². The molecule has 2 aliphatic carbocycles. The Labute approximate surface area is 178 Å². The average molecular weight is 423 g/mol. The zero-order valence-electron chi connectivity index (χ0n) is 16.0. The van der Waals surface area contributed by atoms with Crippen LogP contribution in [0.1, 0.15) is 6.42 Å². The van der Waals surface area contributed by atoms with Crippen molar-refractivity contribution in [2.24, 2.45) is 23.7 Å². The minimum absolute atomic E-state index is 0.114. The van der Waals surface area contributed by atoms with Gasteiger partial charge in [-0.2, -0.15) is 0 Å². The summed E-state index contributed by atoms with van der Waals surface area (Å²) in [6.07, 6.45) is 4.91. The van der Waals surface area contributed by atoms with E-state index in [2.05, 4.69) is 5.32 Å². The van der Waals surface area contributed by atoms with Gasteiger partial charge >= 0.3 is 0 Å². The second-order valence-electron chi connectivity index (χ2n) is 7.87. The number of hydrogen-bond donors (Lipinski definition) is 1. The number of imide groups is 1. The van der Waals surface area contributed by atoms with Crippen LogP contribution >= 0.6 is 11.6 Å². The second-order valence-corrected chi connectivity index (χ2v) is 8.30. The predicted octanol–water partition coefficient (Wildman–Crippen LogP) is 3.88. The summed E-state index contributed by atoms with van der Waals surface area (Å²) in [5, 5.41) is 3.16. The van der Waals surface area contributed by atoms with Crippen LogP contribution in [0.2, 0.25) is 5.02 Å². The zero-order valence-corrected chi connectivity index (χ0v) is 16.7. The molecule has 2 aromatic carbocycles. The summed E-state index contributed by atoms with van der Waals surface area (Å²) in [6, 6.07) is 14.0. The number of para-hydroxylation sites is 1. The first-order valence-electron chi connectivity index (χ1n) is 9.87. The van der Waals surface area contributed by atoms with Gasteiger partial charge in [0.2, 0.25) is 17.7 Å². The lowest BCUT2D eigenvalue weighted by Crippen LogP contribution is -2.39. The number of rotatable bonds is 5. The van der Waals surface area contributed by atoms with Gasteiger partial charge in [-0.25, -0.2) is 0 Å². The third-order valence-electron chi connectivity index (χ3n) is 6.05. The maximum absolute atomic E-state index is 12.8. The molecule has 1 saturated carbocycles. The van der Waals surface area contributed by atoms with Crippen molar-refractivity contribution in [3.8, 4) is 11.5 Å².